The molecule has 1 aliphatic carbocycles. The zero-order chi connectivity index (χ0) is 12.7. The van der Waals surface area contributed by atoms with Crippen molar-refractivity contribution >= 4 is 11.3 Å². The molecule has 0 unspecified atom stereocenters. The van der Waals surface area contributed by atoms with Crippen LogP contribution in [0.5, 0.6) is 0 Å². The predicted molar refractivity (Wildman–Crippen MR) is 76.8 cm³/mol. The molecule has 0 bridgehead atoms. The minimum Gasteiger partial charge on any atom is -0.313 e. The van der Waals surface area contributed by atoms with Crippen LogP contribution in [0.1, 0.15) is 57.0 Å². The molecule has 1 aliphatic rings. The minimum absolute atomic E-state index is 0.353. The molecule has 2 rings (SSSR count). The summed E-state index contributed by atoms with van der Waals surface area (Å²) in [5.74, 6) is 0. The molecule has 1 heterocycles. The van der Waals surface area contributed by atoms with Crippen LogP contribution in [0.3, 0.4) is 0 Å². The molecule has 0 radical (unpaired) electrons. The van der Waals surface area contributed by atoms with E-state index in [0.717, 1.165) is 13.1 Å². The van der Waals surface area contributed by atoms with Gasteiger partial charge in [0, 0.05) is 11.4 Å². The van der Waals surface area contributed by atoms with Gasteiger partial charge in [0.2, 0.25) is 0 Å². The van der Waals surface area contributed by atoms with E-state index < -0.39 is 0 Å². The quantitative estimate of drug-likeness (QED) is 0.852. The van der Waals surface area contributed by atoms with E-state index in [2.05, 4.69) is 45.3 Å². The second-order valence-corrected chi connectivity index (χ2v) is 7.63. The van der Waals surface area contributed by atoms with Gasteiger partial charge >= 0.3 is 0 Å². The molecule has 2 heteroatoms. The van der Waals surface area contributed by atoms with Gasteiger partial charge in [-0.2, -0.15) is 0 Å². The fourth-order valence-corrected chi connectivity index (χ4v) is 4.63. The van der Waals surface area contributed by atoms with Crippen LogP contribution in [0.4, 0.5) is 0 Å². The molecule has 0 aromatic carbocycles. The predicted octanol–water partition coefficient (Wildman–Crippen LogP) is 4.11. The van der Waals surface area contributed by atoms with Gasteiger partial charge in [-0.1, -0.05) is 34.6 Å². The Balaban J connectivity index is 2.35. The lowest BCUT2D eigenvalue weighted by atomic mass is 9.65. The molecular weight excluding hydrogens is 226 g/mol. The van der Waals surface area contributed by atoms with Crippen molar-refractivity contribution in [3.63, 3.8) is 0 Å². The second-order valence-electron chi connectivity index (χ2n) is 6.75. The highest BCUT2D eigenvalue weighted by Crippen LogP contribution is 2.48. The Hall–Kier alpha value is -0.340. The summed E-state index contributed by atoms with van der Waals surface area (Å²) in [6, 6.07) is 0. The first-order valence-electron chi connectivity index (χ1n) is 6.66. The van der Waals surface area contributed by atoms with E-state index in [0.29, 0.717) is 10.8 Å². The molecule has 1 nitrogen and oxygen atoms in total. The first-order chi connectivity index (χ1) is 7.86. The maximum atomic E-state index is 3.46. The molecule has 0 saturated heterocycles. The van der Waals surface area contributed by atoms with Crippen molar-refractivity contribution in [3.05, 3.63) is 21.4 Å². The van der Waals surface area contributed by atoms with Gasteiger partial charge in [-0.05, 0) is 46.7 Å². The SMILES string of the molecule is CCNCc1csc2c1CC(C)(C)CC2(C)C. The molecule has 96 valence electrons. The van der Waals surface area contributed by atoms with Gasteiger partial charge in [-0.15, -0.1) is 11.3 Å². The van der Waals surface area contributed by atoms with Gasteiger partial charge in [0.15, 0.2) is 0 Å². The number of nitrogens with one attached hydrogen (secondary N) is 1. The molecule has 0 aliphatic heterocycles. The van der Waals surface area contributed by atoms with Crippen molar-refractivity contribution in [1.29, 1.82) is 0 Å². The van der Waals surface area contributed by atoms with Crippen LogP contribution in [-0.4, -0.2) is 6.54 Å². The lowest BCUT2D eigenvalue weighted by Gasteiger charge is -2.41. The molecule has 0 spiro atoms. The first-order valence-corrected chi connectivity index (χ1v) is 7.54. The Kier molecular flexibility index (Phi) is 3.39. The molecule has 0 saturated carbocycles. The van der Waals surface area contributed by atoms with Crippen LogP contribution in [-0.2, 0) is 18.4 Å². The zero-order valence-corrected chi connectivity index (χ0v) is 12.6. The standard InChI is InChI=1S/C15H25NS/c1-6-16-8-11-9-17-13-12(11)7-14(2,3)10-15(13,4)5/h9,16H,6-8,10H2,1-5H3. The molecule has 0 fully saturated rings. The molecule has 1 aromatic rings. The van der Waals surface area contributed by atoms with E-state index in [-0.39, 0.29) is 0 Å². The number of hydrogen-bond donors (Lipinski definition) is 1. The summed E-state index contributed by atoms with van der Waals surface area (Å²) < 4.78 is 0. The average Bonchev–Trinajstić information content (AvgIpc) is 2.55. The zero-order valence-electron chi connectivity index (χ0n) is 11.8. The fourth-order valence-electron chi connectivity index (χ4n) is 3.41. The van der Waals surface area contributed by atoms with Gasteiger partial charge in [-0.25, -0.2) is 0 Å². The van der Waals surface area contributed by atoms with E-state index in [1.807, 2.05) is 11.3 Å². The van der Waals surface area contributed by atoms with Gasteiger partial charge in [0.05, 0.1) is 0 Å². The summed E-state index contributed by atoms with van der Waals surface area (Å²) in [4.78, 5) is 1.63. The highest BCUT2D eigenvalue weighted by atomic mass is 32.1. The third kappa shape index (κ3) is 2.58. The van der Waals surface area contributed by atoms with Gasteiger partial charge < -0.3 is 5.32 Å². The molecular formula is C15H25NS. The number of thiophene rings is 1. The van der Waals surface area contributed by atoms with Crippen LogP contribution in [0, 0.1) is 5.41 Å². The Bertz CT molecular complexity index is 401. The Morgan fingerprint density at radius 3 is 2.65 bits per heavy atom. The summed E-state index contributed by atoms with van der Waals surface area (Å²) in [5, 5.41) is 5.83. The Labute approximate surface area is 110 Å². The maximum absolute atomic E-state index is 3.46. The van der Waals surface area contributed by atoms with Crippen molar-refractivity contribution in [1.82, 2.24) is 5.32 Å². The second kappa shape index (κ2) is 4.40. The summed E-state index contributed by atoms with van der Waals surface area (Å²) in [6.45, 7) is 13.9. The number of rotatable bonds is 3. The van der Waals surface area contributed by atoms with Crippen molar-refractivity contribution < 1.29 is 0 Å². The van der Waals surface area contributed by atoms with Gasteiger partial charge in [0.1, 0.15) is 0 Å². The molecule has 0 atom stereocenters. The van der Waals surface area contributed by atoms with Crippen molar-refractivity contribution in [2.24, 2.45) is 5.41 Å². The Morgan fingerprint density at radius 2 is 2.00 bits per heavy atom. The first kappa shape index (κ1) is 13.1. The smallest absolute Gasteiger partial charge is 0.0216 e. The highest BCUT2D eigenvalue weighted by molar-refractivity contribution is 7.10. The van der Waals surface area contributed by atoms with E-state index in [1.165, 1.54) is 18.4 Å². The van der Waals surface area contributed by atoms with Crippen LogP contribution in [0.15, 0.2) is 5.38 Å². The summed E-state index contributed by atoms with van der Waals surface area (Å²) in [5.41, 5.74) is 3.97. The fraction of sp³-hybridized carbons (Fsp3) is 0.733. The van der Waals surface area contributed by atoms with E-state index in [9.17, 15) is 0 Å². The normalized spacial score (nSPS) is 21.2. The molecule has 1 aromatic heterocycles. The lowest BCUT2D eigenvalue weighted by molar-refractivity contribution is 0.235. The maximum Gasteiger partial charge on any atom is 0.0216 e. The van der Waals surface area contributed by atoms with Crippen LogP contribution in [0.25, 0.3) is 0 Å². The largest absolute Gasteiger partial charge is 0.313 e. The lowest BCUT2D eigenvalue weighted by Crippen LogP contribution is -2.34. The minimum atomic E-state index is 0.353. The van der Waals surface area contributed by atoms with Crippen molar-refractivity contribution in [2.75, 3.05) is 6.54 Å². The summed E-state index contributed by atoms with van der Waals surface area (Å²) in [6.07, 6.45) is 2.55. The average molecular weight is 251 g/mol. The van der Waals surface area contributed by atoms with E-state index >= 15 is 0 Å². The number of hydrogen-bond acceptors (Lipinski definition) is 2. The van der Waals surface area contributed by atoms with E-state index in [4.69, 9.17) is 0 Å². The summed E-state index contributed by atoms with van der Waals surface area (Å²) >= 11 is 1.97. The number of fused-ring (bicyclic) bond motifs is 1. The Morgan fingerprint density at radius 1 is 1.29 bits per heavy atom. The molecule has 1 N–H and O–H groups in total. The van der Waals surface area contributed by atoms with Crippen molar-refractivity contribution in [2.45, 2.75) is 59.4 Å². The van der Waals surface area contributed by atoms with Crippen LogP contribution in [0.2, 0.25) is 0 Å². The topological polar surface area (TPSA) is 12.0 Å². The van der Waals surface area contributed by atoms with Gasteiger partial charge in [-0.3, -0.25) is 0 Å². The summed E-state index contributed by atoms with van der Waals surface area (Å²) in [7, 11) is 0. The van der Waals surface area contributed by atoms with Gasteiger partial charge in [0.25, 0.3) is 0 Å². The third-order valence-electron chi connectivity index (χ3n) is 3.74. The van der Waals surface area contributed by atoms with E-state index in [1.54, 1.807) is 10.4 Å². The molecule has 0 amide bonds. The third-order valence-corrected chi connectivity index (χ3v) is 5.17. The van der Waals surface area contributed by atoms with Crippen LogP contribution < -0.4 is 5.32 Å². The molecule has 17 heavy (non-hydrogen) atoms. The monoisotopic (exact) mass is 251 g/mol. The highest BCUT2D eigenvalue weighted by Gasteiger charge is 2.39. The van der Waals surface area contributed by atoms with Crippen molar-refractivity contribution in [3.8, 4) is 0 Å². The van der Waals surface area contributed by atoms with Crippen LogP contribution >= 0.6 is 11.3 Å².